The van der Waals surface area contributed by atoms with Crippen molar-refractivity contribution in [2.75, 3.05) is 37.7 Å². The van der Waals surface area contributed by atoms with Gasteiger partial charge in [-0.05, 0) is 55.0 Å². The molecule has 1 aromatic heterocycles. The molecule has 0 bridgehead atoms. The van der Waals surface area contributed by atoms with Gasteiger partial charge in [0.2, 0.25) is 11.5 Å². The Kier molecular flexibility index (Phi) is 9.25. The second kappa shape index (κ2) is 13.4. The van der Waals surface area contributed by atoms with Crippen LogP contribution in [0.5, 0.6) is 0 Å². The van der Waals surface area contributed by atoms with E-state index in [4.69, 9.17) is 25.5 Å². The fourth-order valence-corrected chi connectivity index (χ4v) is 4.95. The molecule has 0 spiro atoms. The molecule has 1 aliphatic rings. The van der Waals surface area contributed by atoms with Gasteiger partial charge in [0, 0.05) is 48.5 Å². The molecular weight excluding hydrogens is 590 g/mol. The van der Waals surface area contributed by atoms with Gasteiger partial charge in [-0.2, -0.15) is 0 Å². The van der Waals surface area contributed by atoms with Gasteiger partial charge in [-0.1, -0.05) is 41.9 Å². The summed E-state index contributed by atoms with van der Waals surface area (Å²) >= 11 is 5.98. The minimum Gasteiger partial charge on any atom is -0.460 e. The molecule has 5 rings (SSSR count). The standard InChI is InChI=1S/C32H28ClN3O8/c1-2-42-31(38)30-26(19-28(44-30)22-8-10-23(33)11-9-22)29(37)25-13-12-24(18-27(25)36(40)41)34-14-16-35(17-15-34)32(39)43-20-21-6-4-3-5-7-21/h3-13,18-19H,2,14-17,20H2,1H3. The van der Waals surface area contributed by atoms with Crippen LogP contribution in [0.3, 0.4) is 0 Å². The highest BCUT2D eigenvalue weighted by Crippen LogP contribution is 2.33. The van der Waals surface area contributed by atoms with Crippen LogP contribution in [0.25, 0.3) is 11.3 Å². The number of nitro benzene ring substituents is 1. The van der Waals surface area contributed by atoms with E-state index in [1.54, 1.807) is 42.2 Å². The third kappa shape index (κ3) is 6.73. The number of halogens is 1. The van der Waals surface area contributed by atoms with Gasteiger partial charge in [-0.25, -0.2) is 9.59 Å². The minimum absolute atomic E-state index is 0.0380. The Hall–Kier alpha value is -5.16. The average molecular weight is 618 g/mol. The van der Waals surface area contributed by atoms with Gasteiger partial charge in [0.15, 0.2) is 0 Å². The van der Waals surface area contributed by atoms with Crippen LogP contribution >= 0.6 is 11.6 Å². The molecule has 11 nitrogen and oxygen atoms in total. The summed E-state index contributed by atoms with van der Waals surface area (Å²) in [5.41, 5.74) is 1.15. The number of anilines is 1. The number of carbonyl (C=O) groups is 3. The van der Waals surface area contributed by atoms with E-state index in [9.17, 15) is 24.5 Å². The van der Waals surface area contributed by atoms with Gasteiger partial charge in [0.05, 0.1) is 17.1 Å². The maximum atomic E-state index is 13.7. The molecule has 0 aliphatic carbocycles. The van der Waals surface area contributed by atoms with Crippen molar-refractivity contribution in [3.8, 4) is 11.3 Å². The van der Waals surface area contributed by atoms with E-state index in [0.717, 1.165) is 5.56 Å². The first-order valence-electron chi connectivity index (χ1n) is 13.9. The van der Waals surface area contributed by atoms with Gasteiger partial charge < -0.3 is 23.7 Å². The predicted octanol–water partition coefficient (Wildman–Crippen LogP) is 6.37. The summed E-state index contributed by atoms with van der Waals surface area (Å²) < 4.78 is 16.2. The quantitative estimate of drug-likeness (QED) is 0.0908. The van der Waals surface area contributed by atoms with Gasteiger partial charge in [0.25, 0.3) is 5.69 Å². The average Bonchev–Trinajstić information content (AvgIpc) is 3.50. The highest BCUT2D eigenvalue weighted by Gasteiger charge is 2.31. The number of benzene rings is 3. The highest BCUT2D eigenvalue weighted by molar-refractivity contribution is 6.30. The molecule has 3 aromatic carbocycles. The number of nitrogens with zero attached hydrogens (tertiary/aromatic N) is 3. The summed E-state index contributed by atoms with van der Waals surface area (Å²) in [6.45, 7) is 3.34. The molecule has 12 heteroatoms. The second-order valence-corrected chi connectivity index (χ2v) is 10.3. The van der Waals surface area contributed by atoms with Crippen molar-refractivity contribution in [2.45, 2.75) is 13.5 Å². The van der Waals surface area contributed by atoms with E-state index in [0.29, 0.717) is 42.5 Å². The summed E-state index contributed by atoms with van der Waals surface area (Å²) in [7, 11) is 0. The van der Waals surface area contributed by atoms with E-state index in [1.165, 1.54) is 18.2 Å². The Morgan fingerprint density at radius 3 is 2.27 bits per heavy atom. The number of rotatable bonds is 9. The van der Waals surface area contributed by atoms with Crippen molar-refractivity contribution in [3.63, 3.8) is 0 Å². The zero-order valence-electron chi connectivity index (χ0n) is 23.7. The van der Waals surface area contributed by atoms with Crippen LogP contribution in [0, 0.1) is 10.1 Å². The molecule has 1 fully saturated rings. The van der Waals surface area contributed by atoms with Gasteiger partial charge in [-0.15, -0.1) is 0 Å². The number of nitro groups is 1. The first kappa shape index (κ1) is 30.3. The minimum atomic E-state index is -0.865. The monoisotopic (exact) mass is 617 g/mol. The number of hydrogen-bond donors (Lipinski definition) is 0. The molecule has 226 valence electrons. The largest absolute Gasteiger partial charge is 0.460 e. The normalized spacial score (nSPS) is 13.0. The van der Waals surface area contributed by atoms with E-state index in [2.05, 4.69) is 0 Å². The molecule has 2 heterocycles. The zero-order chi connectivity index (χ0) is 31.2. The summed E-state index contributed by atoms with van der Waals surface area (Å²) in [5.74, 6) is -1.78. The Morgan fingerprint density at radius 1 is 0.909 bits per heavy atom. The maximum absolute atomic E-state index is 13.7. The molecule has 0 radical (unpaired) electrons. The van der Waals surface area contributed by atoms with Crippen LogP contribution in [0.15, 0.2) is 83.3 Å². The van der Waals surface area contributed by atoms with Crippen LogP contribution in [0.2, 0.25) is 5.02 Å². The number of furan rings is 1. The summed E-state index contributed by atoms with van der Waals surface area (Å²) in [5, 5.41) is 12.6. The third-order valence-electron chi connectivity index (χ3n) is 7.10. The van der Waals surface area contributed by atoms with E-state index in [-0.39, 0.29) is 35.9 Å². The van der Waals surface area contributed by atoms with Crippen LogP contribution in [0.4, 0.5) is 16.2 Å². The Labute approximate surface area is 257 Å². The molecule has 0 unspecified atom stereocenters. The van der Waals surface area contributed by atoms with E-state index in [1.807, 2.05) is 35.2 Å². The van der Waals surface area contributed by atoms with Crippen molar-refractivity contribution in [1.82, 2.24) is 4.90 Å². The van der Waals surface area contributed by atoms with Crippen LogP contribution in [-0.4, -0.2) is 60.5 Å². The first-order chi connectivity index (χ1) is 21.2. The summed E-state index contributed by atoms with van der Waals surface area (Å²) in [4.78, 5) is 53.9. The number of piperazine rings is 1. The molecular formula is C32H28ClN3O8. The molecule has 0 atom stereocenters. The lowest BCUT2D eigenvalue weighted by atomic mass is 10.00. The third-order valence-corrected chi connectivity index (χ3v) is 7.35. The SMILES string of the molecule is CCOC(=O)c1oc(-c2ccc(Cl)cc2)cc1C(=O)c1ccc(N2CCN(C(=O)OCc3ccccc3)CC2)cc1[N+](=O)[O-]. The van der Waals surface area contributed by atoms with Crippen molar-refractivity contribution >= 4 is 40.8 Å². The van der Waals surface area contributed by atoms with Crippen LogP contribution in [0.1, 0.15) is 39.0 Å². The smallest absolute Gasteiger partial charge is 0.410 e. The summed E-state index contributed by atoms with van der Waals surface area (Å²) in [6.07, 6.45) is -0.434. The number of esters is 1. The van der Waals surface area contributed by atoms with Crippen molar-refractivity contribution in [1.29, 1.82) is 0 Å². The fourth-order valence-electron chi connectivity index (χ4n) is 4.83. The molecule has 4 aromatic rings. The zero-order valence-corrected chi connectivity index (χ0v) is 24.5. The van der Waals surface area contributed by atoms with Crippen LogP contribution < -0.4 is 4.90 Å². The number of ketones is 1. The van der Waals surface area contributed by atoms with Crippen molar-refractivity contribution in [2.24, 2.45) is 0 Å². The number of ether oxygens (including phenoxy) is 2. The number of amides is 1. The van der Waals surface area contributed by atoms with E-state index < -0.39 is 28.5 Å². The van der Waals surface area contributed by atoms with Gasteiger partial charge >= 0.3 is 12.1 Å². The van der Waals surface area contributed by atoms with Crippen molar-refractivity contribution < 1.29 is 33.2 Å². The van der Waals surface area contributed by atoms with Crippen molar-refractivity contribution in [3.05, 3.63) is 116 Å². The van der Waals surface area contributed by atoms with Crippen LogP contribution in [-0.2, 0) is 16.1 Å². The van der Waals surface area contributed by atoms with Gasteiger partial charge in [0.1, 0.15) is 17.9 Å². The lowest BCUT2D eigenvalue weighted by Gasteiger charge is -2.35. The highest BCUT2D eigenvalue weighted by atomic mass is 35.5. The molecule has 1 aliphatic heterocycles. The second-order valence-electron chi connectivity index (χ2n) is 9.88. The molecule has 0 saturated carbocycles. The number of hydrogen-bond acceptors (Lipinski definition) is 9. The predicted molar refractivity (Wildman–Crippen MR) is 162 cm³/mol. The Bertz CT molecular complexity index is 1680. The number of carbonyl (C=O) groups excluding carboxylic acids is 3. The first-order valence-corrected chi connectivity index (χ1v) is 14.2. The Morgan fingerprint density at radius 2 is 1.61 bits per heavy atom. The Balaban J connectivity index is 1.34. The topological polar surface area (TPSA) is 132 Å². The lowest BCUT2D eigenvalue weighted by molar-refractivity contribution is -0.385. The fraction of sp³-hybridized carbons (Fsp3) is 0.219. The molecule has 1 amide bonds. The summed E-state index contributed by atoms with van der Waals surface area (Å²) in [6, 6.07) is 21.6. The van der Waals surface area contributed by atoms with Gasteiger partial charge in [-0.3, -0.25) is 14.9 Å². The van der Waals surface area contributed by atoms with E-state index >= 15 is 0 Å². The molecule has 44 heavy (non-hydrogen) atoms. The lowest BCUT2D eigenvalue weighted by Crippen LogP contribution is -2.49. The molecule has 1 saturated heterocycles. The maximum Gasteiger partial charge on any atom is 0.410 e. The molecule has 0 N–H and O–H groups in total.